The van der Waals surface area contributed by atoms with Crippen molar-refractivity contribution < 1.29 is 18.6 Å². The van der Waals surface area contributed by atoms with E-state index in [1.807, 2.05) is 0 Å². The highest BCUT2D eigenvalue weighted by atomic mass is 19.1. The number of aromatic nitrogens is 3. The molecule has 3 aliphatic rings. The molecule has 3 aliphatic heterocycles. The molecule has 5 heterocycles. The van der Waals surface area contributed by atoms with Gasteiger partial charge in [-0.05, 0) is 68.4 Å². The van der Waals surface area contributed by atoms with Crippen molar-refractivity contribution in [2.75, 3.05) is 38.2 Å². The number of nitrogens with one attached hydrogen (secondary N) is 1. The van der Waals surface area contributed by atoms with Gasteiger partial charge in [-0.25, -0.2) is 13.8 Å². The van der Waals surface area contributed by atoms with Crippen molar-refractivity contribution in [1.82, 2.24) is 25.2 Å². The summed E-state index contributed by atoms with van der Waals surface area (Å²) in [6, 6.07) is 6.57. The molecule has 0 aliphatic carbocycles. The summed E-state index contributed by atoms with van der Waals surface area (Å²) < 4.78 is 37.4. The molecule has 4 aromatic rings. The monoisotopic (exact) mass is 556 g/mol. The van der Waals surface area contributed by atoms with E-state index in [1.54, 1.807) is 0 Å². The molecule has 2 aromatic heterocycles. The van der Waals surface area contributed by atoms with E-state index in [4.69, 9.17) is 16.1 Å². The quantitative estimate of drug-likeness (QED) is 0.354. The van der Waals surface area contributed by atoms with Crippen LogP contribution in [0.5, 0.6) is 11.8 Å². The maximum Gasteiger partial charge on any atom is 0.319 e. The SMILES string of the molecule is C#Cc1c(F)ccc2cc(O)cc(-c3cnc4c(N5CC6CCC(C5)N6)nc(OC[C@@H]5CCCN5C)nc4c3F)c12. The Kier molecular flexibility index (Phi) is 6.36. The lowest BCUT2D eigenvalue weighted by atomic mass is 9.94. The number of nitrogens with zero attached hydrogens (tertiary/aromatic N) is 5. The zero-order valence-electron chi connectivity index (χ0n) is 22.7. The summed E-state index contributed by atoms with van der Waals surface area (Å²) in [5, 5.41) is 14.9. The Morgan fingerprint density at radius 1 is 1.10 bits per heavy atom. The average molecular weight is 557 g/mol. The maximum atomic E-state index is 16.6. The molecule has 2 aromatic carbocycles. The van der Waals surface area contributed by atoms with Crippen LogP contribution in [0.2, 0.25) is 0 Å². The van der Waals surface area contributed by atoms with Gasteiger partial charge in [0, 0.05) is 48.4 Å². The Bertz CT molecular complexity index is 1710. The Labute approximate surface area is 236 Å². The highest BCUT2D eigenvalue weighted by Gasteiger charge is 2.34. The molecular weight excluding hydrogens is 526 g/mol. The minimum absolute atomic E-state index is 0.00306. The van der Waals surface area contributed by atoms with Crippen molar-refractivity contribution >= 4 is 27.6 Å². The lowest BCUT2D eigenvalue weighted by Crippen LogP contribution is -2.51. The van der Waals surface area contributed by atoms with E-state index in [0.717, 1.165) is 45.3 Å². The van der Waals surface area contributed by atoms with Crippen LogP contribution in [0.1, 0.15) is 31.2 Å². The van der Waals surface area contributed by atoms with Gasteiger partial charge in [0.25, 0.3) is 0 Å². The topological polar surface area (TPSA) is 86.6 Å². The third kappa shape index (κ3) is 4.49. The maximum absolute atomic E-state index is 16.6. The molecule has 210 valence electrons. The van der Waals surface area contributed by atoms with Gasteiger partial charge in [-0.2, -0.15) is 9.97 Å². The summed E-state index contributed by atoms with van der Waals surface area (Å²) in [7, 11) is 2.06. The molecule has 0 spiro atoms. The van der Waals surface area contributed by atoms with E-state index < -0.39 is 11.6 Å². The van der Waals surface area contributed by atoms with Gasteiger partial charge in [-0.15, -0.1) is 6.42 Å². The highest BCUT2D eigenvalue weighted by molar-refractivity contribution is 6.03. The number of pyridine rings is 1. The van der Waals surface area contributed by atoms with Crippen LogP contribution in [-0.4, -0.2) is 76.4 Å². The molecule has 0 radical (unpaired) electrons. The number of piperazine rings is 1. The number of ether oxygens (including phenoxy) is 1. The molecule has 0 amide bonds. The molecule has 3 fully saturated rings. The number of likely N-dealkylation sites (tertiary alicyclic amines) is 1. The van der Waals surface area contributed by atoms with Crippen LogP contribution >= 0.6 is 0 Å². The second kappa shape index (κ2) is 10.1. The van der Waals surface area contributed by atoms with Gasteiger partial charge < -0.3 is 25.0 Å². The smallest absolute Gasteiger partial charge is 0.319 e. The summed E-state index contributed by atoms with van der Waals surface area (Å²) in [5.41, 5.74) is 0.595. The molecule has 2 bridgehead atoms. The second-order valence-corrected chi connectivity index (χ2v) is 11.3. The summed E-state index contributed by atoms with van der Waals surface area (Å²) in [6.45, 7) is 2.84. The Morgan fingerprint density at radius 3 is 2.63 bits per heavy atom. The zero-order valence-corrected chi connectivity index (χ0v) is 22.7. The van der Waals surface area contributed by atoms with Crippen LogP contribution in [-0.2, 0) is 0 Å². The Balaban J connectivity index is 1.39. The fourth-order valence-electron chi connectivity index (χ4n) is 6.59. The Hall–Kier alpha value is -4.07. The standard InChI is InChI=1S/C31H30F2N6O2/c1-3-22-25(32)9-6-17-11-21(40)12-23(26(17)22)24-13-34-29-28(27(24)33)36-31(41-16-20-5-4-10-38(20)2)37-30(29)39-14-18-7-8-19(15-39)35-18/h1,6,9,11-13,18-20,35,40H,4-5,7-8,10,14-16H2,2H3/t18?,19?,20-/m0/s1. The first-order valence-corrected chi connectivity index (χ1v) is 14.0. The largest absolute Gasteiger partial charge is 0.508 e. The van der Waals surface area contributed by atoms with Crippen LogP contribution in [0.4, 0.5) is 14.6 Å². The molecular formula is C31H30F2N6O2. The second-order valence-electron chi connectivity index (χ2n) is 11.3. The number of terminal acetylenes is 1. The number of fused-ring (bicyclic) bond motifs is 4. The molecule has 8 nitrogen and oxygen atoms in total. The lowest BCUT2D eigenvalue weighted by Gasteiger charge is -2.34. The molecule has 0 saturated carbocycles. The number of aromatic hydroxyl groups is 1. The van der Waals surface area contributed by atoms with Crippen LogP contribution in [0.25, 0.3) is 32.9 Å². The predicted molar refractivity (Wildman–Crippen MR) is 153 cm³/mol. The summed E-state index contributed by atoms with van der Waals surface area (Å²) in [4.78, 5) is 18.3. The number of likely N-dealkylation sites (N-methyl/N-ethyl adjacent to an activating group) is 1. The fourth-order valence-corrected chi connectivity index (χ4v) is 6.59. The van der Waals surface area contributed by atoms with E-state index >= 15 is 4.39 Å². The third-order valence-electron chi connectivity index (χ3n) is 8.69. The number of hydrogen-bond acceptors (Lipinski definition) is 8. The normalized spacial score (nSPS) is 22.5. The van der Waals surface area contributed by atoms with Gasteiger partial charge in [0.05, 0.1) is 5.56 Å². The summed E-state index contributed by atoms with van der Waals surface area (Å²) >= 11 is 0. The van der Waals surface area contributed by atoms with Gasteiger partial charge in [0.2, 0.25) is 0 Å². The molecule has 2 unspecified atom stereocenters. The number of benzene rings is 2. The highest BCUT2D eigenvalue weighted by Crippen LogP contribution is 2.39. The third-order valence-corrected chi connectivity index (χ3v) is 8.69. The van der Waals surface area contributed by atoms with E-state index in [2.05, 4.69) is 38.1 Å². The first-order valence-electron chi connectivity index (χ1n) is 14.0. The first kappa shape index (κ1) is 25.9. The van der Waals surface area contributed by atoms with Crippen LogP contribution in [0.3, 0.4) is 0 Å². The molecule has 3 saturated heterocycles. The Morgan fingerprint density at radius 2 is 1.90 bits per heavy atom. The van der Waals surface area contributed by atoms with Crippen molar-refractivity contribution in [3.8, 4) is 35.2 Å². The number of anilines is 1. The molecule has 41 heavy (non-hydrogen) atoms. The van der Waals surface area contributed by atoms with Crippen LogP contribution in [0.15, 0.2) is 30.5 Å². The fraction of sp³-hybridized carbons (Fsp3) is 0.387. The van der Waals surface area contributed by atoms with E-state index in [-0.39, 0.29) is 40.0 Å². The molecule has 10 heteroatoms. The zero-order chi connectivity index (χ0) is 28.2. The van der Waals surface area contributed by atoms with Gasteiger partial charge in [-0.1, -0.05) is 12.0 Å². The van der Waals surface area contributed by atoms with Crippen molar-refractivity contribution in [3.63, 3.8) is 0 Å². The van der Waals surface area contributed by atoms with E-state index in [0.29, 0.717) is 40.8 Å². The van der Waals surface area contributed by atoms with Gasteiger partial charge >= 0.3 is 6.01 Å². The summed E-state index contributed by atoms with van der Waals surface area (Å²) in [6.07, 6.45) is 11.3. The van der Waals surface area contributed by atoms with Crippen LogP contribution < -0.4 is 15.0 Å². The molecule has 2 N–H and O–H groups in total. The average Bonchev–Trinajstić information content (AvgIpc) is 3.54. The van der Waals surface area contributed by atoms with Crippen molar-refractivity contribution in [2.45, 2.75) is 43.8 Å². The van der Waals surface area contributed by atoms with Crippen molar-refractivity contribution in [2.24, 2.45) is 0 Å². The minimum Gasteiger partial charge on any atom is -0.508 e. The van der Waals surface area contributed by atoms with Crippen LogP contribution in [0, 0.1) is 24.0 Å². The molecule has 3 atom stereocenters. The van der Waals surface area contributed by atoms with Gasteiger partial charge in [0.1, 0.15) is 29.2 Å². The van der Waals surface area contributed by atoms with Gasteiger partial charge in [-0.3, -0.25) is 0 Å². The first-order chi connectivity index (χ1) is 19.9. The van der Waals surface area contributed by atoms with Gasteiger partial charge in [0.15, 0.2) is 11.6 Å². The number of hydrogen-bond donors (Lipinski definition) is 2. The van der Waals surface area contributed by atoms with Crippen molar-refractivity contribution in [3.05, 3.63) is 47.7 Å². The minimum atomic E-state index is -0.668. The number of halogens is 2. The molecule has 7 rings (SSSR count). The number of phenols is 1. The lowest BCUT2D eigenvalue weighted by molar-refractivity contribution is 0.188. The number of rotatable bonds is 5. The van der Waals surface area contributed by atoms with E-state index in [9.17, 15) is 9.50 Å². The van der Waals surface area contributed by atoms with E-state index in [1.165, 1.54) is 30.5 Å². The van der Waals surface area contributed by atoms with Crippen molar-refractivity contribution in [1.29, 1.82) is 0 Å². The summed E-state index contributed by atoms with van der Waals surface area (Å²) in [5.74, 6) is 1.54. The predicted octanol–water partition coefficient (Wildman–Crippen LogP) is 4.22. The number of phenolic OH excluding ortho intramolecular Hbond substituents is 1.